The van der Waals surface area contributed by atoms with Gasteiger partial charge in [-0.05, 0) is 12.8 Å². The highest BCUT2D eigenvalue weighted by atomic mass is 16.7. The Bertz CT molecular complexity index is 274. The zero-order chi connectivity index (χ0) is 10.7. The molecule has 1 aliphatic heterocycles. The van der Waals surface area contributed by atoms with Crippen LogP contribution in [-0.2, 0) is 9.47 Å². The molecule has 1 fully saturated rings. The lowest BCUT2D eigenvalue weighted by atomic mass is 9.93. The average molecular weight is 212 g/mol. The highest BCUT2D eigenvalue weighted by Crippen LogP contribution is 2.41. The minimum Gasteiger partial charge on any atom is -0.456 e. The molecule has 0 unspecified atom stereocenters. The number of ether oxygens (including phenoxy) is 2. The first kappa shape index (κ1) is 10.1. The normalized spacial score (nSPS) is 25.2. The van der Waals surface area contributed by atoms with Gasteiger partial charge in [0.2, 0.25) is 0 Å². The SMILES string of the molecule is NC(CC1(C2CCCC2)OC=CO1)=NO. The van der Waals surface area contributed by atoms with E-state index in [0.29, 0.717) is 12.3 Å². The van der Waals surface area contributed by atoms with E-state index in [1.54, 1.807) is 0 Å². The van der Waals surface area contributed by atoms with Gasteiger partial charge in [0.05, 0.1) is 6.42 Å². The van der Waals surface area contributed by atoms with Gasteiger partial charge >= 0.3 is 0 Å². The van der Waals surface area contributed by atoms with Crippen LogP contribution < -0.4 is 5.73 Å². The lowest BCUT2D eigenvalue weighted by Gasteiger charge is -2.32. The van der Waals surface area contributed by atoms with Gasteiger partial charge in [0.1, 0.15) is 18.4 Å². The molecule has 0 bridgehead atoms. The van der Waals surface area contributed by atoms with Gasteiger partial charge in [-0.25, -0.2) is 0 Å². The fourth-order valence-corrected chi connectivity index (χ4v) is 2.39. The zero-order valence-corrected chi connectivity index (χ0v) is 8.56. The van der Waals surface area contributed by atoms with E-state index in [4.69, 9.17) is 20.4 Å². The van der Waals surface area contributed by atoms with Gasteiger partial charge in [-0.2, -0.15) is 0 Å². The predicted octanol–water partition coefficient (Wildman–Crippen LogP) is 1.53. The van der Waals surface area contributed by atoms with E-state index in [2.05, 4.69) is 5.16 Å². The second-order valence-electron chi connectivity index (χ2n) is 4.07. The van der Waals surface area contributed by atoms with E-state index in [1.165, 1.54) is 25.4 Å². The molecule has 5 heteroatoms. The Kier molecular flexibility index (Phi) is 2.70. The van der Waals surface area contributed by atoms with E-state index in [-0.39, 0.29) is 5.84 Å². The fourth-order valence-electron chi connectivity index (χ4n) is 2.39. The van der Waals surface area contributed by atoms with Crippen molar-refractivity contribution in [3.63, 3.8) is 0 Å². The molecule has 0 atom stereocenters. The number of rotatable bonds is 3. The van der Waals surface area contributed by atoms with E-state index in [0.717, 1.165) is 12.8 Å². The predicted molar refractivity (Wildman–Crippen MR) is 54.0 cm³/mol. The smallest absolute Gasteiger partial charge is 0.259 e. The molecule has 5 nitrogen and oxygen atoms in total. The van der Waals surface area contributed by atoms with Crippen LogP contribution in [0.3, 0.4) is 0 Å². The molecule has 1 heterocycles. The molecule has 3 N–H and O–H groups in total. The van der Waals surface area contributed by atoms with Gasteiger partial charge < -0.3 is 20.4 Å². The third kappa shape index (κ3) is 1.86. The van der Waals surface area contributed by atoms with Crippen molar-refractivity contribution >= 4 is 5.84 Å². The summed E-state index contributed by atoms with van der Waals surface area (Å²) in [5.41, 5.74) is 5.52. The highest BCUT2D eigenvalue weighted by molar-refractivity contribution is 5.80. The van der Waals surface area contributed by atoms with Gasteiger partial charge in [-0.15, -0.1) is 0 Å². The molecule has 1 saturated carbocycles. The monoisotopic (exact) mass is 212 g/mol. The van der Waals surface area contributed by atoms with Crippen LogP contribution in [0.5, 0.6) is 0 Å². The standard InChI is InChI=1S/C10H16N2O3/c11-9(12-13)7-10(14-5-6-15-10)8-3-1-2-4-8/h5-6,8,13H,1-4,7H2,(H2,11,12). The summed E-state index contributed by atoms with van der Waals surface area (Å²) < 4.78 is 11.0. The van der Waals surface area contributed by atoms with E-state index in [1.807, 2.05) is 0 Å². The summed E-state index contributed by atoms with van der Waals surface area (Å²) in [6.45, 7) is 0. The Morgan fingerprint density at radius 1 is 1.40 bits per heavy atom. The summed E-state index contributed by atoms with van der Waals surface area (Å²) in [5.74, 6) is -0.259. The summed E-state index contributed by atoms with van der Waals surface area (Å²) in [6.07, 6.45) is 7.89. The Morgan fingerprint density at radius 2 is 2.00 bits per heavy atom. The molecule has 0 aromatic heterocycles. The quantitative estimate of drug-likeness (QED) is 0.322. The van der Waals surface area contributed by atoms with Crippen molar-refractivity contribution in [2.24, 2.45) is 16.8 Å². The summed E-state index contributed by atoms with van der Waals surface area (Å²) >= 11 is 0. The summed E-state index contributed by atoms with van der Waals surface area (Å²) in [5, 5.41) is 11.6. The highest BCUT2D eigenvalue weighted by Gasteiger charge is 2.46. The Balaban J connectivity index is 2.09. The molecule has 0 aromatic rings. The van der Waals surface area contributed by atoms with Crippen molar-refractivity contribution in [2.75, 3.05) is 0 Å². The largest absolute Gasteiger partial charge is 0.456 e. The molecular formula is C10H16N2O3. The maximum absolute atomic E-state index is 8.58. The van der Waals surface area contributed by atoms with Gasteiger partial charge in [0, 0.05) is 5.92 Å². The minimum absolute atomic E-state index is 0.144. The van der Waals surface area contributed by atoms with Crippen LogP contribution in [0.2, 0.25) is 0 Å². The average Bonchev–Trinajstić information content (AvgIpc) is 2.87. The maximum atomic E-state index is 8.58. The van der Waals surface area contributed by atoms with Crippen LogP contribution in [-0.4, -0.2) is 16.8 Å². The Morgan fingerprint density at radius 3 is 2.53 bits per heavy atom. The topological polar surface area (TPSA) is 77.1 Å². The molecule has 0 spiro atoms. The molecule has 2 aliphatic rings. The number of hydrogen-bond acceptors (Lipinski definition) is 4. The van der Waals surface area contributed by atoms with Crippen molar-refractivity contribution in [1.82, 2.24) is 0 Å². The second-order valence-corrected chi connectivity index (χ2v) is 4.07. The molecule has 0 amide bonds. The minimum atomic E-state index is -0.729. The van der Waals surface area contributed by atoms with Crippen molar-refractivity contribution in [1.29, 1.82) is 0 Å². The molecule has 84 valence electrons. The lowest BCUT2D eigenvalue weighted by molar-refractivity contribution is -0.174. The lowest BCUT2D eigenvalue weighted by Crippen LogP contribution is -2.41. The van der Waals surface area contributed by atoms with Gasteiger partial charge in [0.25, 0.3) is 5.79 Å². The van der Waals surface area contributed by atoms with Crippen molar-refractivity contribution in [3.05, 3.63) is 12.5 Å². The van der Waals surface area contributed by atoms with Crippen LogP contribution >= 0.6 is 0 Å². The van der Waals surface area contributed by atoms with Crippen LogP contribution in [0.4, 0.5) is 0 Å². The molecule has 1 aliphatic carbocycles. The van der Waals surface area contributed by atoms with Crippen LogP contribution in [0.1, 0.15) is 32.1 Å². The van der Waals surface area contributed by atoms with Gasteiger partial charge in [-0.1, -0.05) is 18.0 Å². The number of oxime groups is 1. The maximum Gasteiger partial charge on any atom is 0.259 e. The third-order valence-corrected chi connectivity index (χ3v) is 3.12. The van der Waals surface area contributed by atoms with E-state index < -0.39 is 5.79 Å². The van der Waals surface area contributed by atoms with E-state index in [9.17, 15) is 0 Å². The third-order valence-electron chi connectivity index (χ3n) is 3.12. The van der Waals surface area contributed by atoms with Crippen molar-refractivity contribution < 1.29 is 14.7 Å². The first-order chi connectivity index (χ1) is 7.27. The van der Waals surface area contributed by atoms with Crippen LogP contribution in [0.15, 0.2) is 17.7 Å². The van der Waals surface area contributed by atoms with Crippen molar-refractivity contribution in [2.45, 2.75) is 37.9 Å². The molecule has 0 radical (unpaired) electrons. The Hall–Kier alpha value is -1.39. The number of nitrogens with two attached hydrogens (primary N) is 1. The number of hydrogen-bond donors (Lipinski definition) is 2. The van der Waals surface area contributed by atoms with Gasteiger partial charge in [-0.3, -0.25) is 0 Å². The summed E-state index contributed by atoms with van der Waals surface area (Å²) in [4.78, 5) is 0. The molecular weight excluding hydrogens is 196 g/mol. The molecule has 0 saturated heterocycles. The number of amidine groups is 1. The van der Waals surface area contributed by atoms with Crippen LogP contribution in [0.25, 0.3) is 0 Å². The van der Waals surface area contributed by atoms with Crippen LogP contribution in [0, 0.1) is 5.92 Å². The van der Waals surface area contributed by atoms with Crippen molar-refractivity contribution in [3.8, 4) is 0 Å². The van der Waals surface area contributed by atoms with E-state index >= 15 is 0 Å². The molecule has 0 aromatic carbocycles. The second kappa shape index (κ2) is 4.00. The number of nitrogens with zero attached hydrogens (tertiary/aromatic N) is 1. The Labute approximate surface area is 88.5 Å². The fraction of sp³-hybridized carbons (Fsp3) is 0.700. The summed E-state index contributed by atoms with van der Waals surface area (Å²) in [7, 11) is 0. The first-order valence-corrected chi connectivity index (χ1v) is 5.24. The first-order valence-electron chi connectivity index (χ1n) is 5.24. The van der Waals surface area contributed by atoms with Gasteiger partial charge in [0.15, 0.2) is 0 Å². The molecule has 15 heavy (non-hydrogen) atoms. The zero-order valence-electron chi connectivity index (χ0n) is 8.56. The summed E-state index contributed by atoms with van der Waals surface area (Å²) in [6, 6.07) is 0. The molecule has 2 rings (SSSR count).